The zero-order valence-corrected chi connectivity index (χ0v) is 8.55. The highest BCUT2D eigenvalue weighted by molar-refractivity contribution is 5.66. The Bertz CT molecular complexity index is 368. The first-order valence-corrected chi connectivity index (χ1v) is 4.88. The van der Waals surface area contributed by atoms with Crippen molar-refractivity contribution in [2.75, 3.05) is 12.3 Å². The predicted molar refractivity (Wildman–Crippen MR) is 54.3 cm³/mol. The molecule has 3 N–H and O–H groups in total. The predicted octanol–water partition coefficient (Wildman–Crippen LogP) is 0.817. The largest absolute Gasteiger partial charge is 0.465 e. The minimum atomic E-state index is -0.887. The van der Waals surface area contributed by atoms with Crippen LogP contribution in [0.15, 0.2) is 6.07 Å². The summed E-state index contributed by atoms with van der Waals surface area (Å²) in [4.78, 5) is 12.4. The molecule has 15 heavy (non-hydrogen) atoms. The molecule has 1 atom stereocenters. The molecule has 1 aromatic heterocycles. The van der Waals surface area contributed by atoms with Crippen molar-refractivity contribution < 1.29 is 9.90 Å². The first-order chi connectivity index (χ1) is 7.09. The molecule has 2 heterocycles. The number of carbonyl (C=O) groups is 1. The zero-order chi connectivity index (χ0) is 11.0. The van der Waals surface area contributed by atoms with Gasteiger partial charge in [-0.15, -0.1) is 0 Å². The number of carboxylic acid groups (broad SMARTS) is 1. The second-order valence-electron chi connectivity index (χ2n) is 3.75. The van der Waals surface area contributed by atoms with E-state index in [2.05, 4.69) is 5.10 Å². The molecule has 2 rings (SSSR count). The maximum absolute atomic E-state index is 10.9. The summed E-state index contributed by atoms with van der Waals surface area (Å²) >= 11 is 0. The van der Waals surface area contributed by atoms with E-state index in [-0.39, 0.29) is 6.04 Å². The summed E-state index contributed by atoms with van der Waals surface area (Å²) in [5, 5.41) is 13.2. The smallest absolute Gasteiger partial charge is 0.407 e. The number of rotatable bonds is 1. The Morgan fingerprint density at radius 1 is 1.73 bits per heavy atom. The lowest BCUT2D eigenvalue weighted by Gasteiger charge is -2.19. The summed E-state index contributed by atoms with van der Waals surface area (Å²) in [5.74, 6) is 0.558. The van der Waals surface area contributed by atoms with Gasteiger partial charge >= 0.3 is 6.09 Å². The second kappa shape index (κ2) is 3.45. The van der Waals surface area contributed by atoms with E-state index in [1.165, 1.54) is 4.90 Å². The average molecular weight is 210 g/mol. The second-order valence-corrected chi connectivity index (χ2v) is 3.75. The first-order valence-electron chi connectivity index (χ1n) is 4.88. The number of nitrogens with two attached hydrogens (primary N) is 1. The molecule has 82 valence electrons. The van der Waals surface area contributed by atoms with Crippen molar-refractivity contribution in [2.24, 2.45) is 7.05 Å². The molecule has 0 radical (unpaired) electrons. The fourth-order valence-corrected chi connectivity index (χ4v) is 1.97. The topological polar surface area (TPSA) is 84.4 Å². The molecule has 1 aliphatic heterocycles. The Kier molecular flexibility index (Phi) is 2.26. The van der Waals surface area contributed by atoms with Crippen molar-refractivity contribution in [1.82, 2.24) is 14.7 Å². The van der Waals surface area contributed by atoms with Crippen molar-refractivity contribution in [3.8, 4) is 0 Å². The lowest BCUT2D eigenvalue weighted by Crippen LogP contribution is -2.29. The van der Waals surface area contributed by atoms with Gasteiger partial charge in [0.2, 0.25) is 0 Å². The number of amides is 1. The Morgan fingerprint density at radius 3 is 3.00 bits per heavy atom. The van der Waals surface area contributed by atoms with Crippen LogP contribution >= 0.6 is 0 Å². The van der Waals surface area contributed by atoms with Crippen LogP contribution in [0.25, 0.3) is 0 Å². The third kappa shape index (κ3) is 1.62. The maximum Gasteiger partial charge on any atom is 0.407 e. The lowest BCUT2D eigenvalue weighted by molar-refractivity contribution is 0.139. The Labute approximate surface area is 87.3 Å². The lowest BCUT2D eigenvalue weighted by atomic mass is 10.1. The summed E-state index contributed by atoms with van der Waals surface area (Å²) in [5.41, 5.74) is 6.41. The van der Waals surface area contributed by atoms with E-state index >= 15 is 0 Å². The van der Waals surface area contributed by atoms with Crippen LogP contribution in [0.1, 0.15) is 24.6 Å². The van der Waals surface area contributed by atoms with Gasteiger partial charge < -0.3 is 10.8 Å². The van der Waals surface area contributed by atoms with Gasteiger partial charge in [-0.2, -0.15) is 5.10 Å². The molecule has 0 bridgehead atoms. The molecule has 0 saturated carbocycles. The standard InChI is InChI=1S/C9H14N4O2/c1-12-8(10)5-6(11-12)7-3-2-4-13(7)9(14)15/h5,7H,2-4,10H2,1H3,(H,14,15)/t7-/m0/s1. The molecule has 1 aromatic rings. The molecule has 1 saturated heterocycles. The molecule has 6 heteroatoms. The van der Waals surface area contributed by atoms with Gasteiger partial charge in [0.25, 0.3) is 0 Å². The van der Waals surface area contributed by atoms with Crippen molar-refractivity contribution in [1.29, 1.82) is 0 Å². The number of likely N-dealkylation sites (tertiary alicyclic amines) is 1. The molecule has 0 aromatic carbocycles. The summed E-state index contributed by atoms with van der Waals surface area (Å²) in [6, 6.07) is 1.61. The number of nitrogens with zero attached hydrogens (tertiary/aromatic N) is 3. The van der Waals surface area contributed by atoms with Crippen LogP contribution in [-0.4, -0.2) is 32.4 Å². The Hall–Kier alpha value is -1.72. The Balaban J connectivity index is 2.26. The van der Waals surface area contributed by atoms with Gasteiger partial charge in [0.05, 0.1) is 11.7 Å². The SMILES string of the molecule is Cn1nc([C@@H]2CCCN2C(=O)O)cc1N. The number of aromatic nitrogens is 2. The van der Waals surface area contributed by atoms with Crippen molar-refractivity contribution >= 4 is 11.9 Å². The van der Waals surface area contributed by atoms with Gasteiger partial charge in [-0.05, 0) is 12.8 Å². The van der Waals surface area contributed by atoms with E-state index in [4.69, 9.17) is 10.8 Å². The van der Waals surface area contributed by atoms with Crippen LogP contribution in [0.3, 0.4) is 0 Å². The quantitative estimate of drug-likeness (QED) is 0.718. The highest BCUT2D eigenvalue weighted by atomic mass is 16.4. The summed E-state index contributed by atoms with van der Waals surface area (Å²) in [6.45, 7) is 0.580. The number of nitrogen functional groups attached to an aromatic ring is 1. The third-order valence-corrected chi connectivity index (χ3v) is 2.77. The fourth-order valence-electron chi connectivity index (χ4n) is 1.97. The van der Waals surface area contributed by atoms with Gasteiger partial charge in [0, 0.05) is 19.7 Å². The first kappa shape index (κ1) is 9.82. The minimum Gasteiger partial charge on any atom is -0.465 e. The molecule has 1 fully saturated rings. The van der Waals surface area contributed by atoms with Gasteiger partial charge in [-0.25, -0.2) is 4.79 Å². The minimum absolute atomic E-state index is 0.133. The molecule has 1 aliphatic rings. The summed E-state index contributed by atoms with van der Waals surface area (Å²) < 4.78 is 1.56. The van der Waals surface area contributed by atoms with Gasteiger partial charge in [0.15, 0.2) is 0 Å². The molecule has 1 amide bonds. The normalized spacial score (nSPS) is 20.9. The number of hydrogen-bond acceptors (Lipinski definition) is 3. The van der Waals surface area contributed by atoms with E-state index in [0.29, 0.717) is 12.4 Å². The molecular weight excluding hydrogens is 196 g/mol. The molecule has 0 unspecified atom stereocenters. The Morgan fingerprint density at radius 2 is 2.47 bits per heavy atom. The monoisotopic (exact) mass is 210 g/mol. The van der Waals surface area contributed by atoms with E-state index in [9.17, 15) is 4.79 Å². The van der Waals surface area contributed by atoms with E-state index in [1.807, 2.05) is 0 Å². The van der Waals surface area contributed by atoms with E-state index in [1.54, 1.807) is 17.8 Å². The van der Waals surface area contributed by atoms with Crippen molar-refractivity contribution in [2.45, 2.75) is 18.9 Å². The van der Waals surface area contributed by atoms with E-state index in [0.717, 1.165) is 18.5 Å². The highest BCUT2D eigenvalue weighted by Crippen LogP contribution is 2.31. The van der Waals surface area contributed by atoms with Gasteiger partial charge in [-0.3, -0.25) is 9.58 Å². The number of hydrogen-bond donors (Lipinski definition) is 2. The van der Waals surface area contributed by atoms with Crippen LogP contribution in [-0.2, 0) is 7.05 Å². The fraction of sp³-hybridized carbons (Fsp3) is 0.556. The third-order valence-electron chi connectivity index (χ3n) is 2.77. The highest BCUT2D eigenvalue weighted by Gasteiger charge is 2.31. The van der Waals surface area contributed by atoms with Gasteiger partial charge in [0.1, 0.15) is 5.82 Å². The van der Waals surface area contributed by atoms with Crippen LogP contribution in [0, 0.1) is 0 Å². The molecule has 6 nitrogen and oxygen atoms in total. The van der Waals surface area contributed by atoms with Crippen molar-refractivity contribution in [3.63, 3.8) is 0 Å². The van der Waals surface area contributed by atoms with Crippen LogP contribution in [0.2, 0.25) is 0 Å². The number of anilines is 1. The van der Waals surface area contributed by atoms with Gasteiger partial charge in [-0.1, -0.05) is 0 Å². The molecular formula is C9H14N4O2. The zero-order valence-electron chi connectivity index (χ0n) is 8.55. The molecule has 0 aliphatic carbocycles. The van der Waals surface area contributed by atoms with Crippen molar-refractivity contribution in [3.05, 3.63) is 11.8 Å². The van der Waals surface area contributed by atoms with Crippen LogP contribution in [0.4, 0.5) is 10.6 Å². The number of aryl methyl sites for hydroxylation is 1. The van der Waals surface area contributed by atoms with Crippen LogP contribution < -0.4 is 5.73 Å². The summed E-state index contributed by atoms with van der Waals surface area (Å²) in [7, 11) is 1.75. The average Bonchev–Trinajstić information content (AvgIpc) is 2.73. The van der Waals surface area contributed by atoms with Crippen LogP contribution in [0.5, 0.6) is 0 Å². The molecule has 0 spiro atoms. The van der Waals surface area contributed by atoms with E-state index < -0.39 is 6.09 Å². The summed E-state index contributed by atoms with van der Waals surface area (Å²) in [6.07, 6.45) is 0.817. The maximum atomic E-state index is 10.9.